The van der Waals surface area contributed by atoms with Crippen LogP contribution in [0.2, 0.25) is 0 Å². The first-order chi connectivity index (χ1) is 11.5. The monoisotopic (exact) mass is 335 g/mol. The van der Waals surface area contributed by atoms with E-state index in [1.165, 1.54) is 12.0 Å². The van der Waals surface area contributed by atoms with Gasteiger partial charge >= 0.3 is 12.1 Å². The van der Waals surface area contributed by atoms with E-state index in [1.54, 1.807) is 36.1 Å². The van der Waals surface area contributed by atoms with Crippen molar-refractivity contribution in [3.8, 4) is 5.75 Å². The molecule has 2 rings (SSSR count). The topological polar surface area (TPSA) is 88.2 Å². The molecule has 1 saturated heterocycles. The van der Waals surface area contributed by atoms with E-state index in [1.807, 2.05) is 0 Å². The zero-order chi connectivity index (χ0) is 17.5. The van der Waals surface area contributed by atoms with Crippen LogP contribution in [0.25, 0.3) is 0 Å². The highest BCUT2D eigenvalue weighted by atomic mass is 16.6. The van der Waals surface area contributed by atoms with Crippen LogP contribution < -0.4 is 10.1 Å². The molecule has 0 saturated carbocycles. The molecule has 0 bridgehead atoms. The zero-order valence-electron chi connectivity index (χ0n) is 13.8. The highest BCUT2D eigenvalue weighted by Crippen LogP contribution is 2.11. The lowest BCUT2D eigenvalue weighted by Gasteiger charge is -2.33. The second-order valence-electron chi connectivity index (χ2n) is 5.16. The van der Waals surface area contributed by atoms with Crippen LogP contribution in [0.15, 0.2) is 24.3 Å². The number of hydrogen-bond acceptors (Lipinski definition) is 5. The molecule has 1 aliphatic heterocycles. The summed E-state index contributed by atoms with van der Waals surface area (Å²) in [4.78, 5) is 38.9. The van der Waals surface area contributed by atoms with Crippen molar-refractivity contribution in [2.24, 2.45) is 0 Å². The van der Waals surface area contributed by atoms with E-state index in [4.69, 9.17) is 9.47 Å². The lowest BCUT2D eigenvalue weighted by molar-refractivity contribution is 0.0820. The highest BCUT2D eigenvalue weighted by molar-refractivity contribution is 6.04. The molecule has 1 N–H and O–H groups in total. The summed E-state index contributed by atoms with van der Waals surface area (Å²) in [5, 5.41) is 2.35. The molecule has 24 heavy (non-hydrogen) atoms. The summed E-state index contributed by atoms with van der Waals surface area (Å²) in [6.07, 6.45) is -0.383. The van der Waals surface area contributed by atoms with Crippen LogP contribution in [0.4, 0.5) is 9.59 Å². The fourth-order valence-electron chi connectivity index (χ4n) is 2.30. The molecule has 1 fully saturated rings. The van der Waals surface area contributed by atoms with Gasteiger partial charge < -0.3 is 19.3 Å². The van der Waals surface area contributed by atoms with Gasteiger partial charge in [-0.15, -0.1) is 0 Å². The normalized spacial score (nSPS) is 14.1. The molecule has 1 aliphatic rings. The maximum Gasteiger partial charge on any atom is 0.409 e. The van der Waals surface area contributed by atoms with E-state index in [2.05, 4.69) is 5.32 Å². The number of nitrogens with one attached hydrogen (secondary N) is 1. The van der Waals surface area contributed by atoms with E-state index >= 15 is 0 Å². The zero-order valence-corrected chi connectivity index (χ0v) is 13.8. The van der Waals surface area contributed by atoms with E-state index in [-0.39, 0.29) is 6.09 Å². The number of methoxy groups -OCH3 is 1. The van der Waals surface area contributed by atoms with Gasteiger partial charge in [0.15, 0.2) is 0 Å². The van der Waals surface area contributed by atoms with E-state index in [0.717, 1.165) is 0 Å². The van der Waals surface area contributed by atoms with Gasteiger partial charge in [0.05, 0.1) is 13.7 Å². The van der Waals surface area contributed by atoms with Crippen LogP contribution >= 0.6 is 0 Å². The first kappa shape index (κ1) is 17.6. The maximum atomic E-state index is 12.1. The van der Waals surface area contributed by atoms with Gasteiger partial charge in [-0.05, 0) is 31.2 Å². The number of rotatable bonds is 3. The molecule has 4 amide bonds. The third kappa shape index (κ3) is 4.37. The Bertz CT molecular complexity index is 594. The van der Waals surface area contributed by atoms with Crippen LogP contribution in [0.5, 0.6) is 5.75 Å². The molecule has 0 aliphatic carbocycles. The number of carbonyl (C=O) groups is 3. The molecular formula is C16H21N3O5. The molecule has 0 spiro atoms. The number of urea groups is 1. The Hall–Kier alpha value is -2.77. The molecule has 0 radical (unpaired) electrons. The lowest BCUT2D eigenvalue weighted by Crippen LogP contribution is -2.54. The summed E-state index contributed by atoms with van der Waals surface area (Å²) in [5.41, 5.74) is 0.370. The second-order valence-corrected chi connectivity index (χ2v) is 5.16. The first-order valence-electron chi connectivity index (χ1n) is 7.71. The van der Waals surface area contributed by atoms with Crippen molar-refractivity contribution in [2.45, 2.75) is 6.92 Å². The van der Waals surface area contributed by atoms with Gasteiger partial charge in [-0.1, -0.05) is 0 Å². The molecule has 1 heterocycles. The number of piperazine rings is 1. The summed E-state index contributed by atoms with van der Waals surface area (Å²) < 4.78 is 9.94. The fraction of sp³-hybridized carbons (Fsp3) is 0.438. The third-order valence-corrected chi connectivity index (χ3v) is 3.67. The summed E-state index contributed by atoms with van der Waals surface area (Å²) >= 11 is 0. The van der Waals surface area contributed by atoms with Crippen molar-refractivity contribution in [3.63, 3.8) is 0 Å². The first-order valence-corrected chi connectivity index (χ1v) is 7.71. The van der Waals surface area contributed by atoms with Crippen LogP contribution in [-0.2, 0) is 4.74 Å². The Labute approximate surface area is 140 Å². The highest BCUT2D eigenvalue weighted by Gasteiger charge is 2.25. The predicted octanol–water partition coefficient (Wildman–Crippen LogP) is 1.32. The van der Waals surface area contributed by atoms with Gasteiger partial charge in [-0.2, -0.15) is 0 Å². The smallest absolute Gasteiger partial charge is 0.409 e. The third-order valence-electron chi connectivity index (χ3n) is 3.67. The minimum Gasteiger partial charge on any atom is -0.497 e. The lowest BCUT2D eigenvalue weighted by atomic mass is 10.2. The Morgan fingerprint density at radius 1 is 1.04 bits per heavy atom. The number of hydrogen-bond donors (Lipinski definition) is 1. The summed E-state index contributed by atoms with van der Waals surface area (Å²) in [7, 11) is 1.54. The standard InChI is InChI=1S/C16H21N3O5/c1-3-24-16(22)19-10-8-18(9-11-19)15(21)17-14(20)12-4-6-13(23-2)7-5-12/h4-7H,3,8-11H2,1-2H3,(H,17,20,21). The largest absolute Gasteiger partial charge is 0.497 e. The van der Waals surface area contributed by atoms with Crippen molar-refractivity contribution < 1.29 is 23.9 Å². The Kier molecular flexibility index (Phi) is 6.00. The number of nitrogens with zero attached hydrogens (tertiary/aromatic N) is 2. The number of ether oxygens (including phenoxy) is 2. The molecule has 1 aromatic carbocycles. The number of imide groups is 1. The minimum atomic E-state index is -0.476. The van der Waals surface area contributed by atoms with Gasteiger partial charge in [0.2, 0.25) is 0 Å². The van der Waals surface area contributed by atoms with Gasteiger partial charge in [0.1, 0.15) is 5.75 Å². The van der Waals surface area contributed by atoms with Crippen molar-refractivity contribution in [1.29, 1.82) is 0 Å². The van der Waals surface area contributed by atoms with Crippen LogP contribution in [0.3, 0.4) is 0 Å². The second kappa shape index (κ2) is 8.19. The SMILES string of the molecule is CCOC(=O)N1CCN(C(=O)NC(=O)c2ccc(OC)cc2)CC1. The number of benzene rings is 1. The quantitative estimate of drug-likeness (QED) is 0.900. The minimum absolute atomic E-state index is 0.315. The van der Waals surface area contributed by atoms with Crippen LogP contribution in [0, 0.1) is 0 Å². The molecule has 8 heteroatoms. The average molecular weight is 335 g/mol. The molecule has 8 nitrogen and oxygen atoms in total. The molecule has 0 atom stereocenters. The molecule has 0 aromatic heterocycles. The number of amides is 4. The average Bonchev–Trinajstić information content (AvgIpc) is 2.62. The predicted molar refractivity (Wildman–Crippen MR) is 86.0 cm³/mol. The molecule has 0 unspecified atom stereocenters. The van der Waals surface area contributed by atoms with Crippen LogP contribution in [-0.4, -0.2) is 67.7 Å². The van der Waals surface area contributed by atoms with Crippen molar-refractivity contribution in [1.82, 2.24) is 15.1 Å². The summed E-state index contributed by atoms with van der Waals surface area (Å²) in [5.74, 6) is 0.156. The Morgan fingerprint density at radius 3 is 2.17 bits per heavy atom. The van der Waals surface area contributed by atoms with Crippen molar-refractivity contribution in [3.05, 3.63) is 29.8 Å². The van der Waals surface area contributed by atoms with Gasteiger partial charge in [-0.3, -0.25) is 10.1 Å². The van der Waals surface area contributed by atoms with Gasteiger partial charge in [0.25, 0.3) is 5.91 Å². The fourth-order valence-corrected chi connectivity index (χ4v) is 2.30. The Morgan fingerprint density at radius 2 is 1.62 bits per heavy atom. The van der Waals surface area contributed by atoms with E-state index < -0.39 is 11.9 Å². The summed E-state index contributed by atoms with van der Waals surface area (Å²) in [6, 6.07) is 5.99. The Balaban J connectivity index is 1.84. The summed E-state index contributed by atoms with van der Waals surface area (Å²) in [6.45, 7) is 3.51. The van der Waals surface area contributed by atoms with E-state index in [9.17, 15) is 14.4 Å². The van der Waals surface area contributed by atoms with Crippen molar-refractivity contribution in [2.75, 3.05) is 39.9 Å². The van der Waals surface area contributed by atoms with Gasteiger partial charge in [-0.25, -0.2) is 9.59 Å². The van der Waals surface area contributed by atoms with Gasteiger partial charge in [0, 0.05) is 31.7 Å². The van der Waals surface area contributed by atoms with Crippen molar-refractivity contribution >= 4 is 18.0 Å². The molecule has 1 aromatic rings. The maximum absolute atomic E-state index is 12.1. The number of carbonyl (C=O) groups excluding carboxylic acids is 3. The van der Waals surface area contributed by atoms with Crippen LogP contribution in [0.1, 0.15) is 17.3 Å². The molecule has 130 valence electrons. The van der Waals surface area contributed by atoms with E-state index in [0.29, 0.717) is 44.1 Å². The molecular weight excluding hydrogens is 314 g/mol.